The normalized spacial score (nSPS) is 34.3. The molecule has 4 unspecified atom stereocenters. The summed E-state index contributed by atoms with van der Waals surface area (Å²) < 4.78 is 0. The maximum Gasteiger partial charge on any atom is 0.237 e. The van der Waals surface area contributed by atoms with Crippen LogP contribution < -0.4 is 11.5 Å². The van der Waals surface area contributed by atoms with Gasteiger partial charge in [0.25, 0.3) is 0 Å². The number of carbonyl (C=O) groups excluding carboxylic acids is 1. The average Bonchev–Trinajstić information content (AvgIpc) is 2.74. The maximum atomic E-state index is 11.2. The van der Waals surface area contributed by atoms with E-state index in [9.17, 15) is 4.79 Å². The topological polar surface area (TPSA) is 72.3 Å². The zero-order chi connectivity index (χ0) is 12.6. The lowest BCUT2D eigenvalue weighted by molar-refractivity contribution is -0.123. The molecule has 1 aliphatic heterocycles. The fourth-order valence-corrected chi connectivity index (χ4v) is 3.47. The highest BCUT2D eigenvalue weighted by Crippen LogP contribution is 2.38. The first-order valence-corrected chi connectivity index (χ1v) is 6.73. The van der Waals surface area contributed by atoms with Crippen molar-refractivity contribution in [2.24, 2.45) is 23.3 Å². The van der Waals surface area contributed by atoms with Crippen LogP contribution in [0.25, 0.3) is 0 Å². The van der Waals surface area contributed by atoms with Gasteiger partial charge in [-0.3, -0.25) is 4.79 Å². The van der Waals surface area contributed by atoms with Crippen LogP contribution in [0, 0.1) is 11.8 Å². The third kappa shape index (κ3) is 2.63. The molecule has 1 saturated carbocycles. The van der Waals surface area contributed by atoms with Crippen molar-refractivity contribution in [2.45, 2.75) is 51.1 Å². The molecule has 1 amide bonds. The summed E-state index contributed by atoms with van der Waals surface area (Å²) in [6, 6.07) is 0.350. The van der Waals surface area contributed by atoms with E-state index in [0.717, 1.165) is 11.8 Å². The second kappa shape index (κ2) is 4.58. The first kappa shape index (κ1) is 12.8. The molecule has 98 valence electrons. The van der Waals surface area contributed by atoms with Gasteiger partial charge in [-0.2, -0.15) is 0 Å². The second-order valence-electron chi connectivity index (χ2n) is 6.24. The van der Waals surface area contributed by atoms with Crippen molar-refractivity contribution in [1.82, 2.24) is 4.90 Å². The minimum Gasteiger partial charge on any atom is -0.368 e. The van der Waals surface area contributed by atoms with Crippen LogP contribution >= 0.6 is 0 Å². The Morgan fingerprint density at radius 2 is 1.94 bits per heavy atom. The Bertz CT molecular complexity index is 291. The smallest absolute Gasteiger partial charge is 0.237 e. The Hall–Kier alpha value is -0.610. The molecule has 2 fully saturated rings. The van der Waals surface area contributed by atoms with Gasteiger partial charge in [-0.25, -0.2) is 0 Å². The number of hydrogen-bond donors (Lipinski definition) is 2. The van der Waals surface area contributed by atoms with Crippen LogP contribution in [0.4, 0.5) is 0 Å². The highest BCUT2D eigenvalue weighted by Gasteiger charge is 2.39. The number of fused-ring (bicyclic) bond motifs is 1. The molecule has 0 bridgehead atoms. The quantitative estimate of drug-likeness (QED) is 0.758. The minimum atomic E-state index is -0.878. The number of likely N-dealkylation sites (tertiary alicyclic amines) is 1. The van der Waals surface area contributed by atoms with Gasteiger partial charge in [-0.1, -0.05) is 6.42 Å². The minimum absolute atomic E-state index is 0.350. The highest BCUT2D eigenvalue weighted by molar-refractivity contribution is 5.83. The molecule has 0 aromatic heterocycles. The van der Waals surface area contributed by atoms with E-state index in [0.29, 0.717) is 12.5 Å². The van der Waals surface area contributed by atoms with E-state index in [4.69, 9.17) is 11.5 Å². The largest absolute Gasteiger partial charge is 0.368 e. The summed E-state index contributed by atoms with van der Waals surface area (Å²) in [6.45, 7) is 6.26. The summed E-state index contributed by atoms with van der Waals surface area (Å²) in [5.74, 6) is 1.37. The molecule has 0 aromatic carbocycles. The Balaban J connectivity index is 1.89. The van der Waals surface area contributed by atoms with E-state index in [2.05, 4.69) is 11.8 Å². The molecule has 1 aliphatic carbocycles. The summed E-state index contributed by atoms with van der Waals surface area (Å²) in [5.41, 5.74) is 10.4. The van der Waals surface area contributed by atoms with Gasteiger partial charge in [0.2, 0.25) is 5.91 Å². The van der Waals surface area contributed by atoms with Gasteiger partial charge in [0.15, 0.2) is 0 Å². The van der Waals surface area contributed by atoms with Gasteiger partial charge in [0.1, 0.15) is 0 Å². The Morgan fingerprint density at radius 3 is 2.41 bits per heavy atom. The standard InChI is InChI=1S/C13H25N3O/c1-9(6-13(2,15)12(14)17)16-7-10-4-3-5-11(10)8-16/h9-11H,3-8,15H2,1-2H3,(H2,14,17). The SMILES string of the molecule is CC(CC(C)(N)C(N)=O)N1CC2CCCC2C1. The zero-order valence-electron chi connectivity index (χ0n) is 11.0. The summed E-state index contributed by atoms with van der Waals surface area (Å²) in [5, 5.41) is 0. The van der Waals surface area contributed by atoms with Crippen molar-refractivity contribution in [1.29, 1.82) is 0 Å². The van der Waals surface area contributed by atoms with E-state index in [-0.39, 0.29) is 0 Å². The van der Waals surface area contributed by atoms with Gasteiger partial charge >= 0.3 is 0 Å². The highest BCUT2D eigenvalue weighted by atomic mass is 16.1. The van der Waals surface area contributed by atoms with E-state index in [1.807, 2.05) is 0 Å². The first-order valence-electron chi connectivity index (χ1n) is 6.73. The average molecular weight is 239 g/mol. The molecule has 0 aromatic rings. The molecule has 0 spiro atoms. The van der Waals surface area contributed by atoms with Gasteiger partial charge in [-0.05, 0) is 44.9 Å². The van der Waals surface area contributed by atoms with Crippen LogP contribution in [0.1, 0.15) is 39.5 Å². The van der Waals surface area contributed by atoms with Crippen molar-refractivity contribution in [2.75, 3.05) is 13.1 Å². The maximum absolute atomic E-state index is 11.2. The summed E-state index contributed by atoms with van der Waals surface area (Å²) in [4.78, 5) is 13.7. The van der Waals surface area contributed by atoms with Gasteiger partial charge in [-0.15, -0.1) is 0 Å². The summed E-state index contributed by atoms with van der Waals surface area (Å²) in [6.07, 6.45) is 4.81. The van der Waals surface area contributed by atoms with Crippen molar-refractivity contribution < 1.29 is 4.79 Å². The van der Waals surface area contributed by atoms with Crippen molar-refractivity contribution in [3.8, 4) is 0 Å². The number of hydrogen-bond acceptors (Lipinski definition) is 3. The molecule has 4 nitrogen and oxygen atoms in total. The lowest BCUT2D eigenvalue weighted by Crippen LogP contribution is -2.53. The predicted octanol–water partition coefficient (Wildman–Crippen LogP) is 0.700. The Kier molecular flexibility index (Phi) is 3.46. The molecule has 4 heteroatoms. The van der Waals surface area contributed by atoms with E-state index < -0.39 is 11.4 Å². The monoisotopic (exact) mass is 239 g/mol. The van der Waals surface area contributed by atoms with Crippen LogP contribution in [0.3, 0.4) is 0 Å². The van der Waals surface area contributed by atoms with Crippen LogP contribution in [-0.4, -0.2) is 35.5 Å². The second-order valence-corrected chi connectivity index (χ2v) is 6.24. The van der Waals surface area contributed by atoms with Crippen LogP contribution in [0.2, 0.25) is 0 Å². The van der Waals surface area contributed by atoms with Gasteiger partial charge in [0.05, 0.1) is 5.54 Å². The van der Waals surface area contributed by atoms with Crippen LogP contribution in [-0.2, 0) is 4.79 Å². The van der Waals surface area contributed by atoms with Crippen molar-refractivity contribution >= 4 is 5.91 Å². The predicted molar refractivity (Wildman–Crippen MR) is 68.3 cm³/mol. The molecule has 17 heavy (non-hydrogen) atoms. The molecular weight excluding hydrogens is 214 g/mol. The Labute approximate surface area is 104 Å². The lowest BCUT2D eigenvalue weighted by atomic mass is 9.93. The fraction of sp³-hybridized carbons (Fsp3) is 0.923. The molecule has 1 saturated heterocycles. The number of rotatable bonds is 4. The van der Waals surface area contributed by atoms with E-state index in [1.54, 1.807) is 6.92 Å². The van der Waals surface area contributed by atoms with Gasteiger partial charge in [0, 0.05) is 19.1 Å². The first-order chi connectivity index (χ1) is 7.90. The summed E-state index contributed by atoms with van der Waals surface area (Å²) in [7, 11) is 0. The molecule has 2 rings (SSSR count). The fourth-order valence-electron chi connectivity index (χ4n) is 3.47. The van der Waals surface area contributed by atoms with E-state index in [1.165, 1.54) is 32.4 Å². The molecule has 1 heterocycles. The molecule has 4 atom stereocenters. The molecule has 2 aliphatic rings. The van der Waals surface area contributed by atoms with Crippen LogP contribution in [0.15, 0.2) is 0 Å². The van der Waals surface area contributed by atoms with Crippen LogP contribution in [0.5, 0.6) is 0 Å². The number of nitrogens with zero attached hydrogens (tertiary/aromatic N) is 1. The molecule has 0 radical (unpaired) electrons. The van der Waals surface area contributed by atoms with Crippen molar-refractivity contribution in [3.63, 3.8) is 0 Å². The van der Waals surface area contributed by atoms with Crippen molar-refractivity contribution in [3.05, 3.63) is 0 Å². The molecular formula is C13H25N3O. The lowest BCUT2D eigenvalue weighted by Gasteiger charge is -2.31. The van der Waals surface area contributed by atoms with E-state index >= 15 is 0 Å². The summed E-state index contributed by atoms with van der Waals surface area (Å²) >= 11 is 0. The number of nitrogens with two attached hydrogens (primary N) is 2. The third-order valence-electron chi connectivity index (χ3n) is 4.66. The number of carbonyl (C=O) groups is 1. The Morgan fingerprint density at radius 1 is 1.41 bits per heavy atom. The number of primary amides is 1. The number of amides is 1. The molecule has 4 N–H and O–H groups in total. The third-order valence-corrected chi connectivity index (χ3v) is 4.66. The zero-order valence-corrected chi connectivity index (χ0v) is 11.0. The van der Waals surface area contributed by atoms with Gasteiger partial charge < -0.3 is 16.4 Å².